The van der Waals surface area contributed by atoms with Gasteiger partial charge >= 0.3 is 0 Å². The molecule has 0 radical (unpaired) electrons. The summed E-state index contributed by atoms with van der Waals surface area (Å²) in [4.78, 5) is 12.0. The number of aliphatic hydroxyl groups is 1. The summed E-state index contributed by atoms with van der Waals surface area (Å²) in [5.74, 6) is 0.753. The highest BCUT2D eigenvalue weighted by Gasteiger charge is 2.52. The highest BCUT2D eigenvalue weighted by molar-refractivity contribution is 7.91. The van der Waals surface area contributed by atoms with Crippen LogP contribution in [0.2, 0.25) is 0 Å². The standard InChI is InChI=1S/C24H24FN3O2S/c1-3-31(30)18-5-6-20-22(11-18)28(14-24(20)8-9-24)23-26-12-17(13-27-23)19-10-16(15(2)29)4-7-21(19)25/h4-7,10-13,15,29H,3,8-9,14H2,1-2H3. The fraction of sp³-hybridized carbons (Fsp3) is 0.333. The Morgan fingerprint density at radius 1 is 1.19 bits per heavy atom. The van der Waals surface area contributed by atoms with E-state index in [9.17, 15) is 14.0 Å². The van der Waals surface area contributed by atoms with Gasteiger partial charge in [0.25, 0.3) is 0 Å². The Bertz CT molecular complexity index is 1130. The molecule has 2 atom stereocenters. The fourth-order valence-electron chi connectivity index (χ4n) is 4.34. The van der Waals surface area contributed by atoms with Gasteiger partial charge < -0.3 is 14.6 Å². The zero-order valence-corrected chi connectivity index (χ0v) is 18.3. The third-order valence-electron chi connectivity index (χ3n) is 6.33. The Labute approximate surface area is 184 Å². The largest absolute Gasteiger partial charge is 0.611 e. The average molecular weight is 438 g/mol. The maximum atomic E-state index is 14.4. The number of halogens is 1. The van der Waals surface area contributed by atoms with Crippen molar-refractivity contribution in [3.8, 4) is 11.1 Å². The van der Waals surface area contributed by atoms with Crippen molar-refractivity contribution in [2.45, 2.75) is 43.1 Å². The molecule has 5 nitrogen and oxygen atoms in total. The molecule has 160 valence electrons. The normalized spacial score (nSPS) is 18.2. The molecular weight excluding hydrogens is 413 g/mol. The Morgan fingerprint density at radius 3 is 2.58 bits per heavy atom. The number of aliphatic hydroxyl groups excluding tert-OH is 1. The van der Waals surface area contributed by atoms with Crippen molar-refractivity contribution in [1.82, 2.24) is 9.97 Å². The predicted molar refractivity (Wildman–Crippen MR) is 119 cm³/mol. The van der Waals surface area contributed by atoms with Crippen molar-refractivity contribution in [2.75, 3.05) is 17.2 Å². The number of benzene rings is 2. The summed E-state index contributed by atoms with van der Waals surface area (Å²) < 4.78 is 26.8. The second-order valence-electron chi connectivity index (χ2n) is 8.37. The summed E-state index contributed by atoms with van der Waals surface area (Å²) in [5.41, 5.74) is 4.00. The van der Waals surface area contributed by atoms with E-state index in [0.717, 1.165) is 30.0 Å². The van der Waals surface area contributed by atoms with Crippen LogP contribution in [0.4, 0.5) is 16.0 Å². The number of nitrogens with zero attached hydrogens (tertiary/aromatic N) is 3. The van der Waals surface area contributed by atoms with Crippen molar-refractivity contribution in [2.24, 2.45) is 0 Å². The monoisotopic (exact) mass is 437 g/mol. The van der Waals surface area contributed by atoms with Gasteiger partial charge in [-0.05, 0) is 67.2 Å². The van der Waals surface area contributed by atoms with Crippen LogP contribution in [0.1, 0.15) is 43.9 Å². The van der Waals surface area contributed by atoms with E-state index >= 15 is 0 Å². The summed E-state index contributed by atoms with van der Waals surface area (Å²) in [7, 11) is 0. The number of aromatic nitrogens is 2. The number of rotatable bonds is 5. The Kier molecular flexibility index (Phi) is 5.00. The molecule has 2 aliphatic rings. The molecular formula is C24H24FN3O2S. The Balaban J connectivity index is 1.50. The lowest BCUT2D eigenvalue weighted by atomic mass is 9.99. The highest BCUT2D eigenvalue weighted by Crippen LogP contribution is 2.58. The molecule has 1 aliphatic carbocycles. The maximum absolute atomic E-state index is 14.4. The number of fused-ring (bicyclic) bond motifs is 2. The summed E-state index contributed by atoms with van der Waals surface area (Å²) in [6, 6.07) is 10.7. The highest BCUT2D eigenvalue weighted by atomic mass is 32.2. The molecule has 7 heteroatoms. The molecule has 1 spiro atoms. The molecule has 1 N–H and O–H groups in total. The van der Waals surface area contributed by atoms with Gasteiger partial charge in [-0.3, -0.25) is 0 Å². The van der Waals surface area contributed by atoms with E-state index in [-0.39, 0.29) is 11.2 Å². The third kappa shape index (κ3) is 3.50. The number of hydrogen-bond acceptors (Lipinski definition) is 5. The second kappa shape index (κ2) is 7.58. The van der Waals surface area contributed by atoms with E-state index in [2.05, 4.69) is 20.9 Å². The molecule has 2 heterocycles. The van der Waals surface area contributed by atoms with Crippen molar-refractivity contribution in [1.29, 1.82) is 0 Å². The Morgan fingerprint density at radius 2 is 1.94 bits per heavy atom. The summed E-state index contributed by atoms with van der Waals surface area (Å²) >= 11 is -1.03. The van der Waals surface area contributed by atoms with Gasteiger partial charge in [-0.15, -0.1) is 0 Å². The van der Waals surface area contributed by atoms with Gasteiger partial charge in [0.2, 0.25) is 5.95 Å². The lowest BCUT2D eigenvalue weighted by Crippen LogP contribution is -2.21. The van der Waals surface area contributed by atoms with E-state index in [0.29, 0.717) is 28.4 Å². The van der Waals surface area contributed by atoms with Crippen LogP contribution in [0, 0.1) is 5.82 Å². The molecule has 2 aromatic carbocycles. The minimum atomic E-state index is -1.03. The van der Waals surface area contributed by atoms with Crippen molar-refractivity contribution in [3.05, 3.63) is 65.7 Å². The first kappa shape index (κ1) is 20.4. The van der Waals surface area contributed by atoms with Gasteiger partial charge in [-0.25, -0.2) is 14.4 Å². The van der Waals surface area contributed by atoms with Crippen LogP contribution in [0.15, 0.2) is 53.7 Å². The van der Waals surface area contributed by atoms with Crippen LogP contribution in [-0.2, 0) is 16.6 Å². The molecule has 2 unspecified atom stereocenters. The van der Waals surface area contributed by atoms with Crippen molar-refractivity contribution >= 4 is 22.8 Å². The van der Waals surface area contributed by atoms with Gasteiger partial charge in [0.05, 0.1) is 11.8 Å². The van der Waals surface area contributed by atoms with Crippen LogP contribution in [0.5, 0.6) is 0 Å². The van der Waals surface area contributed by atoms with Crippen LogP contribution < -0.4 is 4.90 Å². The molecule has 0 bridgehead atoms. The van der Waals surface area contributed by atoms with Gasteiger partial charge in [0.15, 0.2) is 4.90 Å². The Hall–Kier alpha value is -2.48. The first-order chi connectivity index (χ1) is 14.9. The number of anilines is 2. The van der Waals surface area contributed by atoms with E-state index < -0.39 is 17.3 Å². The summed E-state index contributed by atoms with van der Waals surface area (Å²) in [6.07, 6.45) is 4.82. The molecule has 0 amide bonds. The predicted octanol–water partition coefficient (Wildman–Crippen LogP) is 4.65. The third-order valence-corrected chi connectivity index (χ3v) is 7.64. The van der Waals surface area contributed by atoms with Crippen LogP contribution in [0.25, 0.3) is 11.1 Å². The quantitative estimate of drug-likeness (QED) is 0.589. The van der Waals surface area contributed by atoms with Gasteiger partial charge in [0, 0.05) is 41.5 Å². The van der Waals surface area contributed by atoms with Gasteiger partial charge in [-0.2, -0.15) is 0 Å². The van der Waals surface area contributed by atoms with Crippen LogP contribution in [-0.4, -0.2) is 31.9 Å². The van der Waals surface area contributed by atoms with Crippen molar-refractivity contribution in [3.63, 3.8) is 0 Å². The van der Waals surface area contributed by atoms with Gasteiger partial charge in [-0.1, -0.05) is 12.1 Å². The van der Waals surface area contributed by atoms with E-state index in [1.165, 1.54) is 11.6 Å². The first-order valence-corrected chi connectivity index (χ1v) is 11.8. The minimum Gasteiger partial charge on any atom is -0.611 e. The SMILES string of the molecule is CC[S+]([O-])c1ccc2c(c1)N(c1ncc(-c3cc(C(C)O)ccc3F)cn1)CC21CC1. The van der Waals surface area contributed by atoms with Gasteiger partial charge in [0.1, 0.15) is 11.6 Å². The maximum Gasteiger partial charge on any atom is 0.229 e. The molecule has 3 aromatic rings. The molecule has 1 aliphatic heterocycles. The molecule has 5 rings (SSSR count). The van der Waals surface area contributed by atoms with E-state index in [1.54, 1.807) is 31.5 Å². The summed E-state index contributed by atoms with van der Waals surface area (Å²) in [5, 5.41) is 9.82. The first-order valence-electron chi connectivity index (χ1n) is 10.5. The zero-order chi connectivity index (χ0) is 21.8. The fourth-order valence-corrected chi connectivity index (χ4v) is 5.14. The summed E-state index contributed by atoms with van der Waals surface area (Å²) in [6.45, 7) is 4.36. The van der Waals surface area contributed by atoms with Crippen LogP contribution in [0.3, 0.4) is 0 Å². The molecule has 0 saturated heterocycles. The molecule has 1 fully saturated rings. The topological polar surface area (TPSA) is 72.3 Å². The van der Waals surface area contributed by atoms with Crippen LogP contribution >= 0.6 is 0 Å². The van der Waals surface area contributed by atoms with E-state index in [4.69, 9.17) is 0 Å². The average Bonchev–Trinajstić information content (AvgIpc) is 3.50. The number of hydrogen-bond donors (Lipinski definition) is 1. The zero-order valence-electron chi connectivity index (χ0n) is 17.5. The lowest BCUT2D eigenvalue weighted by molar-refractivity contribution is 0.199. The van der Waals surface area contributed by atoms with E-state index in [1.807, 2.05) is 19.1 Å². The van der Waals surface area contributed by atoms with Crippen molar-refractivity contribution < 1.29 is 14.0 Å². The molecule has 1 aromatic heterocycles. The minimum absolute atomic E-state index is 0.140. The smallest absolute Gasteiger partial charge is 0.229 e. The second-order valence-corrected chi connectivity index (χ2v) is 10.1. The molecule has 31 heavy (non-hydrogen) atoms. The molecule has 1 saturated carbocycles. The lowest BCUT2D eigenvalue weighted by Gasteiger charge is -2.18.